The van der Waals surface area contributed by atoms with Gasteiger partial charge in [0.1, 0.15) is 22.8 Å². The normalized spacial score (nSPS) is 30.3. The van der Waals surface area contributed by atoms with E-state index in [1.165, 1.54) is 63.0 Å². The molecule has 1 amide bonds. The molecule has 8 N–H and O–H groups in total. The van der Waals surface area contributed by atoms with E-state index in [0.717, 1.165) is 43.9 Å². The van der Waals surface area contributed by atoms with E-state index in [1.807, 2.05) is 11.9 Å². The molecular weight excluding hydrogens is 1080 g/mol. The number of hydrogen-bond acceptors (Lipinski definition) is 17. The zero-order valence-electron chi connectivity index (χ0n) is 49.4. The van der Waals surface area contributed by atoms with Crippen LogP contribution in [0.5, 0.6) is 23.0 Å². The first-order valence-electron chi connectivity index (χ1n) is 29.2. The highest BCUT2D eigenvalue weighted by atomic mass is 19.1. The maximum Gasteiger partial charge on any atom is 0.341 e. The summed E-state index contributed by atoms with van der Waals surface area (Å²) in [6.07, 6.45) is 11.7. The summed E-state index contributed by atoms with van der Waals surface area (Å²) in [6.45, 7) is 15.2. The molecule has 84 heavy (non-hydrogen) atoms. The Morgan fingerprint density at radius 2 is 1.55 bits per heavy atom. The summed E-state index contributed by atoms with van der Waals surface area (Å²) in [6, 6.07) is 1.63. The number of methoxy groups -OCH3 is 1. The maximum absolute atomic E-state index is 16.3. The first kappa shape index (κ1) is 60.1. The summed E-state index contributed by atoms with van der Waals surface area (Å²) in [7, 11) is 3.58. The topological polar surface area (TPSA) is 276 Å². The highest BCUT2D eigenvalue weighted by molar-refractivity contribution is 6.24. The van der Waals surface area contributed by atoms with Gasteiger partial charge in [0.25, 0.3) is 17.2 Å². The Bertz CT molecular complexity index is 3510. The van der Waals surface area contributed by atoms with Gasteiger partial charge in [-0.15, -0.1) is 0 Å². The molecule has 2 saturated carbocycles. The van der Waals surface area contributed by atoms with Crippen LogP contribution in [0.1, 0.15) is 135 Å². The van der Waals surface area contributed by atoms with Gasteiger partial charge in [0.2, 0.25) is 0 Å². The van der Waals surface area contributed by atoms with E-state index in [1.54, 1.807) is 39.8 Å². The number of amides is 1. The van der Waals surface area contributed by atoms with Gasteiger partial charge in [0.05, 0.1) is 76.5 Å². The number of phenolic OH excluding ortho intramolecular Hbond substituents is 3. The number of Topliss-reactive ketones (excluding diaryl/α,β-unsaturated/α-hetero) is 1. The molecule has 7 aliphatic rings. The second-order valence-electron chi connectivity index (χ2n) is 24.7. The second-order valence-corrected chi connectivity index (χ2v) is 24.7. The molecule has 2 saturated heterocycles. The van der Waals surface area contributed by atoms with Crippen LogP contribution in [0.2, 0.25) is 0 Å². The highest BCUT2D eigenvalue weighted by Gasteiger charge is 2.56. The van der Waals surface area contributed by atoms with E-state index in [2.05, 4.69) is 22.2 Å². The number of nitrogens with one attached hydrogen (secondary N) is 1. The molecule has 5 bridgehead atoms. The van der Waals surface area contributed by atoms with Gasteiger partial charge in [-0.3, -0.25) is 28.7 Å². The number of aryl methyl sites for hydroxylation is 1. The van der Waals surface area contributed by atoms with Crippen LogP contribution < -0.4 is 20.5 Å². The number of hydrogen-bond donors (Lipinski definition) is 8. The number of phenols is 3. The minimum absolute atomic E-state index is 0.0344. The van der Waals surface area contributed by atoms with Gasteiger partial charge in [0, 0.05) is 92.0 Å². The summed E-state index contributed by atoms with van der Waals surface area (Å²) >= 11 is 0. The number of carbonyl (C=O) groups is 3. The molecule has 0 unspecified atom stereocenters. The Balaban J connectivity index is 0.926. The third-order valence-corrected chi connectivity index (χ3v) is 19.5. The molecule has 2 aromatic carbocycles. The van der Waals surface area contributed by atoms with E-state index >= 15 is 4.39 Å². The quantitative estimate of drug-likeness (QED) is 0.0455. The molecule has 4 fully saturated rings. The fourth-order valence-corrected chi connectivity index (χ4v) is 13.8. The van der Waals surface area contributed by atoms with Crippen molar-refractivity contribution in [3.63, 3.8) is 0 Å². The van der Waals surface area contributed by atoms with E-state index in [9.17, 15) is 54.9 Å². The molecule has 10 atom stereocenters. The van der Waals surface area contributed by atoms with Crippen LogP contribution in [0.4, 0.5) is 15.8 Å². The fourth-order valence-electron chi connectivity index (χ4n) is 13.8. The van der Waals surface area contributed by atoms with Gasteiger partial charge in [-0.05, 0) is 108 Å². The van der Waals surface area contributed by atoms with Gasteiger partial charge < -0.3 is 60.2 Å². The predicted octanol–water partition coefficient (Wildman–Crippen LogP) is 7.61. The summed E-state index contributed by atoms with van der Waals surface area (Å²) in [5, 5.41) is 89.4. The zero-order valence-corrected chi connectivity index (χ0v) is 49.4. The van der Waals surface area contributed by atoms with Crippen molar-refractivity contribution in [2.75, 3.05) is 50.6 Å². The largest absolute Gasteiger partial charge is 0.507 e. The van der Waals surface area contributed by atoms with Crippen LogP contribution in [0.3, 0.4) is 0 Å². The number of ketones is 1. The van der Waals surface area contributed by atoms with E-state index < -0.39 is 100 Å². The molecule has 7 heterocycles. The number of carboxylic acid groups (broad SMARTS) is 1. The number of allylic oxidation sites excluding steroid dienone is 2. The van der Waals surface area contributed by atoms with Crippen LogP contribution in [-0.2, 0) is 14.3 Å². The van der Waals surface area contributed by atoms with Crippen molar-refractivity contribution in [3.05, 3.63) is 98.0 Å². The van der Waals surface area contributed by atoms with Crippen molar-refractivity contribution in [3.8, 4) is 23.0 Å². The number of halogens is 1. The molecule has 11 rings (SSSR count). The number of carboxylic acids is 1. The third-order valence-electron chi connectivity index (χ3n) is 19.5. The number of pyridine rings is 2. The SMILES string of the molecule is CO[C@H]1/C=C/O[C@@]2(C)Oc3c(C)c(O)c4c(O)c(c(/C=N/N5CCC(N(C)C6([C@@H]7CCN(c8c(F)cn9c(=O)c(C(=O)O)cc(C%10CC%10)c9c8C)C7)CC6)CC5)c(O)c4c3C2=O)NC(=O)/C(C)=C\C=C\[C@H](C)[C@H](O)[C@@H](C)[C@@H](O)[C@@H](C)[C@H](O)[C@@H]1C. The van der Waals surface area contributed by atoms with Crippen LogP contribution in [-0.4, -0.2) is 156 Å². The summed E-state index contributed by atoms with van der Waals surface area (Å²) in [5.74, 6) is -9.63. The van der Waals surface area contributed by atoms with Crippen LogP contribution in [0, 0.1) is 49.3 Å². The Hall–Kier alpha value is -7.04. The number of aromatic carboxylic acids is 1. The Labute approximate surface area is 487 Å². The minimum Gasteiger partial charge on any atom is -0.507 e. The molecule has 4 aromatic rings. The number of anilines is 2. The van der Waals surface area contributed by atoms with Gasteiger partial charge in [-0.2, -0.15) is 5.10 Å². The zero-order chi connectivity index (χ0) is 60.8. The molecule has 0 spiro atoms. The number of rotatable bonds is 9. The monoisotopic (exact) mass is 1160 g/mol. The lowest BCUT2D eigenvalue weighted by Gasteiger charge is -2.42. The van der Waals surface area contributed by atoms with Crippen LogP contribution >= 0.6 is 0 Å². The highest BCUT2D eigenvalue weighted by Crippen LogP contribution is 2.56. The number of aliphatic hydroxyl groups excluding tert-OH is 3. The average Bonchev–Trinajstić information content (AvgIpc) is 1.50. The van der Waals surface area contributed by atoms with E-state index in [4.69, 9.17) is 19.3 Å². The lowest BCUT2D eigenvalue weighted by molar-refractivity contribution is -0.112. The lowest BCUT2D eigenvalue weighted by atomic mass is 9.78. The Morgan fingerprint density at radius 3 is 2.19 bits per heavy atom. The Kier molecular flexibility index (Phi) is 16.3. The number of nitrogens with zero attached hydrogens (tertiary/aromatic N) is 5. The standard InChI is InChI=1S/C63H79FN6O14/c1-30-12-11-13-31(2)59(78)66-48-42(55(75)45-46(56(48)76)54(74)36(7)57-47(45)58(77)62(8,84-57)83-25-19-44(82-10)32(3)52(72)35(6)53(73)34(5)51(30)71)27-65-69-23-17-39(18-24-69)67(9)63(20-21-63)38-16-22-68(28-38)50-33(4)49-40(37-14-15-37)26-41(61(80)81)60(79)70(49)29-43(50)64/h11-13,19,25-27,29-30,32,34-35,37-39,44,51-53,71-76H,14-18,20-24,28H2,1-10H3,(H,66,78)(H,80,81)/b12-11+,25-19+,31-13-,65-27+/t30-,32+,34+,35-,38+,44-,51-,52+,53+,62-/m0/s1. The van der Waals surface area contributed by atoms with E-state index in [0.29, 0.717) is 55.8 Å². The predicted molar refractivity (Wildman–Crippen MR) is 314 cm³/mol. The van der Waals surface area contributed by atoms with Gasteiger partial charge in [0.15, 0.2) is 11.6 Å². The van der Waals surface area contributed by atoms with Crippen molar-refractivity contribution >= 4 is 51.5 Å². The minimum atomic E-state index is -2.08. The summed E-state index contributed by atoms with van der Waals surface area (Å²) in [4.78, 5) is 58.7. The van der Waals surface area contributed by atoms with Crippen molar-refractivity contribution in [2.45, 2.75) is 148 Å². The van der Waals surface area contributed by atoms with Gasteiger partial charge >= 0.3 is 11.8 Å². The number of ether oxygens (including phenoxy) is 3. The molecule has 5 aliphatic heterocycles. The first-order chi connectivity index (χ1) is 39.8. The molecule has 2 aliphatic carbocycles. The number of piperidine rings is 1. The van der Waals surface area contributed by atoms with Gasteiger partial charge in [-0.1, -0.05) is 45.9 Å². The van der Waals surface area contributed by atoms with Crippen molar-refractivity contribution in [1.82, 2.24) is 14.3 Å². The smallest absolute Gasteiger partial charge is 0.341 e. The lowest BCUT2D eigenvalue weighted by Crippen LogP contribution is -2.50. The number of aromatic nitrogens is 1. The first-order valence-corrected chi connectivity index (χ1v) is 29.2. The van der Waals surface area contributed by atoms with Crippen molar-refractivity contribution in [2.24, 2.45) is 34.7 Å². The third kappa shape index (κ3) is 10.4. The number of hydrazone groups is 1. The second kappa shape index (κ2) is 22.8. The van der Waals surface area contributed by atoms with Crippen molar-refractivity contribution in [1.29, 1.82) is 0 Å². The number of carbonyl (C=O) groups excluding carboxylic acids is 2. The van der Waals surface area contributed by atoms with E-state index in [-0.39, 0.29) is 73.5 Å². The maximum atomic E-state index is 16.3. The molecule has 20 nitrogen and oxygen atoms in total. The van der Waals surface area contributed by atoms with Crippen LogP contribution in [0.25, 0.3) is 16.3 Å². The van der Waals surface area contributed by atoms with Crippen molar-refractivity contribution < 1.29 is 68.7 Å². The average molecular weight is 1160 g/mol. The number of aliphatic hydroxyl groups is 3. The van der Waals surface area contributed by atoms with Gasteiger partial charge in [-0.25, -0.2) is 9.18 Å². The molecular formula is C63H79FN6O14. The number of benzene rings is 2. The number of fused-ring (bicyclic) bond motifs is 15. The molecule has 0 radical (unpaired) electrons. The van der Waals surface area contributed by atoms with Crippen LogP contribution in [0.15, 0.2) is 58.3 Å². The molecule has 2 aromatic heterocycles. The number of aromatic hydroxyl groups is 3. The Morgan fingerprint density at radius 1 is 0.881 bits per heavy atom. The fraction of sp³-hybridized carbons (Fsp3) is 0.540. The summed E-state index contributed by atoms with van der Waals surface area (Å²) < 4.78 is 35.4. The summed E-state index contributed by atoms with van der Waals surface area (Å²) in [5.41, 5.74) is 0.680. The molecule has 21 heteroatoms. The molecule has 452 valence electrons.